The Bertz CT molecular complexity index is 186. The lowest BCUT2D eigenvalue weighted by Crippen LogP contribution is -2.24. The Hall–Kier alpha value is -0.130. The van der Waals surface area contributed by atoms with Gasteiger partial charge in [-0.3, -0.25) is 4.55 Å². The first-order valence-electron chi connectivity index (χ1n) is 3.57. The summed E-state index contributed by atoms with van der Waals surface area (Å²) < 4.78 is 28.6. The molecule has 0 saturated carbocycles. The van der Waals surface area contributed by atoms with Crippen molar-refractivity contribution in [2.75, 3.05) is 12.4 Å². The number of rotatable bonds is 5. The Kier molecular flexibility index (Phi) is 4.63. The van der Waals surface area contributed by atoms with Crippen LogP contribution in [-0.2, 0) is 10.1 Å². The van der Waals surface area contributed by atoms with Gasteiger partial charge in [0.2, 0.25) is 0 Å². The Morgan fingerprint density at radius 1 is 1.45 bits per heavy atom. The van der Waals surface area contributed by atoms with Crippen molar-refractivity contribution in [3.63, 3.8) is 0 Å². The lowest BCUT2D eigenvalue weighted by molar-refractivity contribution is 0.471. The van der Waals surface area contributed by atoms with Gasteiger partial charge in [0.05, 0.1) is 0 Å². The average molecular weight is 181 g/mol. The maximum atomic E-state index is 10.2. The molecule has 0 aliphatic rings. The standard InChI is InChI=1S/C6H15NO3S/c1-6(2)3-4-7-5-11(8,9)10/h6-7H,3-5H2,1-2H3,(H,8,9,10). The zero-order chi connectivity index (χ0) is 8.91. The molecule has 0 aliphatic carbocycles. The fourth-order valence-electron chi connectivity index (χ4n) is 0.592. The second-order valence-corrected chi connectivity index (χ2v) is 4.36. The third kappa shape index (κ3) is 9.87. The highest BCUT2D eigenvalue weighted by molar-refractivity contribution is 7.85. The molecule has 4 nitrogen and oxygen atoms in total. The van der Waals surface area contributed by atoms with Gasteiger partial charge in [0.15, 0.2) is 0 Å². The maximum absolute atomic E-state index is 10.2. The summed E-state index contributed by atoms with van der Waals surface area (Å²) in [6.07, 6.45) is 0.912. The van der Waals surface area contributed by atoms with Crippen LogP contribution in [0.4, 0.5) is 0 Å². The predicted octanol–water partition coefficient (Wildman–Crippen LogP) is 0.467. The summed E-state index contributed by atoms with van der Waals surface area (Å²) in [6, 6.07) is 0. The van der Waals surface area contributed by atoms with E-state index in [0.29, 0.717) is 12.5 Å². The highest BCUT2D eigenvalue weighted by Crippen LogP contribution is 1.95. The van der Waals surface area contributed by atoms with Crippen LogP contribution < -0.4 is 5.32 Å². The second kappa shape index (κ2) is 4.69. The summed E-state index contributed by atoms with van der Waals surface area (Å²) in [5.74, 6) is 0.198. The highest BCUT2D eigenvalue weighted by Gasteiger charge is 2.02. The molecular formula is C6H15NO3S. The molecule has 0 aliphatic heterocycles. The lowest BCUT2D eigenvalue weighted by Gasteiger charge is -2.04. The van der Waals surface area contributed by atoms with Gasteiger partial charge in [0.1, 0.15) is 5.88 Å². The van der Waals surface area contributed by atoms with Crippen molar-refractivity contribution in [3.8, 4) is 0 Å². The quantitative estimate of drug-likeness (QED) is 0.478. The molecule has 0 aromatic rings. The van der Waals surface area contributed by atoms with Crippen molar-refractivity contribution in [2.45, 2.75) is 20.3 Å². The van der Waals surface area contributed by atoms with Gasteiger partial charge in [-0.1, -0.05) is 13.8 Å². The van der Waals surface area contributed by atoms with E-state index in [4.69, 9.17) is 4.55 Å². The monoisotopic (exact) mass is 181 g/mol. The van der Waals surface area contributed by atoms with Crippen molar-refractivity contribution >= 4 is 10.1 Å². The summed E-state index contributed by atoms with van der Waals surface area (Å²) in [5.41, 5.74) is 0. The highest BCUT2D eigenvalue weighted by atomic mass is 32.2. The Balaban J connectivity index is 3.30. The topological polar surface area (TPSA) is 66.4 Å². The predicted molar refractivity (Wildman–Crippen MR) is 43.9 cm³/mol. The minimum absolute atomic E-state index is 0.348. The van der Waals surface area contributed by atoms with Crippen LogP contribution in [0.3, 0.4) is 0 Å². The second-order valence-electron chi connectivity index (χ2n) is 2.91. The van der Waals surface area contributed by atoms with E-state index in [-0.39, 0.29) is 5.88 Å². The smallest absolute Gasteiger partial charge is 0.278 e. The molecule has 68 valence electrons. The molecule has 5 heteroatoms. The van der Waals surface area contributed by atoms with Crippen molar-refractivity contribution in [2.24, 2.45) is 5.92 Å². The molecule has 0 radical (unpaired) electrons. The molecule has 0 atom stereocenters. The normalized spacial score (nSPS) is 12.4. The molecule has 0 spiro atoms. The third-order valence-corrected chi connectivity index (χ3v) is 1.75. The zero-order valence-electron chi connectivity index (χ0n) is 6.87. The van der Waals surface area contributed by atoms with Gasteiger partial charge in [-0.2, -0.15) is 8.42 Å². The van der Waals surface area contributed by atoms with E-state index < -0.39 is 10.1 Å². The summed E-state index contributed by atoms with van der Waals surface area (Å²) >= 11 is 0. The van der Waals surface area contributed by atoms with E-state index in [1.54, 1.807) is 0 Å². The van der Waals surface area contributed by atoms with Crippen LogP contribution in [0.5, 0.6) is 0 Å². The van der Waals surface area contributed by atoms with Gasteiger partial charge in [-0.15, -0.1) is 0 Å². The Morgan fingerprint density at radius 3 is 2.36 bits per heavy atom. The van der Waals surface area contributed by atoms with Crippen molar-refractivity contribution < 1.29 is 13.0 Å². The van der Waals surface area contributed by atoms with Crippen molar-refractivity contribution in [1.29, 1.82) is 0 Å². The molecular weight excluding hydrogens is 166 g/mol. The summed E-state index contributed by atoms with van der Waals surface area (Å²) in [6.45, 7) is 4.72. The summed E-state index contributed by atoms with van der Waals surface area (Å²) in [7, 11) is -3.83. The van der Waals surface area contributed by atoms with E-state index in [0.717, 1.165) is 6.42 Å². The zero-order valence-corrected chi connectivity index (χ0v) is 7.69. The van der Waals surface area contributed by atoms with Crippen LogP contribution in [0.15, 0.2) is 0 Å². The molecule has 2 N–H and O–H groups in total. The average Bonchev–Trinajstić information content (AvgIpc) is 1.78. The first kappa shape index (κ1) is 10.9. The summed E-state index contributed by atoms with van der Waals surface area (Å²) in [5, 5.41) is 2.62. The van der Waals surface area contributed by atoms with E-state index in [9.17, 15) is 8.42 Å². The Morgan fingerprint density at radius 2 is 2.00 bits per heavy atom. The first-order chi connectivity index (χ1) is 4.92. The van der Waals surface area contributed by atoms with Gasteiger partial charge < -0.3 is 5.32 Å². The molecule has 0 saturated heterocycles. The van der Waals surface area contributed by atoms with E-state index in [1.165, 1.54) is 0 Å². The fourth-order valence-corrected chi connectivity index (χ4v) is 0.994. The number of hydrogen-bond acceptors (Lipinski definition) is 3. The molecule has 0 aromatic heterocycles. The molecule has 0 bridgehead atoms. The lowest BCUT2D eigenvalue weighted by atomic mass is 10.1. The van der Waals surface area contributed by atoms with E-state index >= 15 is 0 Å². The largest absolute Gasteiger partial charge is 0.302 e. The molecule has 0 unspecified atom stereocenters. The van der Waals surface area contributed by atoms with Gasteiger partial charge in [0, 0.05) is 0 Å². The Labute approximate surface area is 67.7 Å². The third-order valence-electron chi connectivity index (χ3n) is 1.18. The van der Waals surface area contributed by atoms with Gasteiger partial charge in [0.25, 0.3) is 10.1 Å². The van der Waals surface area contributed by atoms with Crippen molar-refractivity contribution in [3.05, 3.63) is 0 Å². The molecule has 11 heavy (non-hydrogen) atoms. The molecule has 0 heterocycles. The first-order valence-corrected chi connectivity index (χ1v) is 5.18. The van der Waals surface area contributed by atoms with Crippen LogP contribution in [0, 0.1) is 5.92 Å². The molecule has 0 amide bonds. The SMILES string of the molecule is CC(C)CCNCS(=O)(=O)O. The summed E-state index contributed by atoms with van der Waals surface area (Å²) in [4.78, 5) is 0. The van der Waals surface area contributed by atoms with Crippen LogP contribution >= 0.6 is 0 Å². The van der Waals surface area contributed by atoms with Crippen LogP contribution in [0.25, 0.3) is 0 Å². The molecule has 0 aromatic carbocycles. The van der Waals surface area contributed by atoms with Crippen molar-refractivity contribution in [1.82, 2.24) is 5.32 Å². The minimum atomic E-state index is -3.83. The van der Waals surface area contributed by atoms with Crippen LogP contribution in [0.2, 0.25) is 0 Å². The van der Waals surface area contributed by atoms with Gasteiger partial charge >= 0.3 is 0 Å². The van der Waals surface area contributed by atoms with Gasteiger partial charge in [-0.05, 0) is 18.9 Å². The number of nitrogens with one attached hydrogen (secondary N) is 1. The maximum Gasteiger partial charge on any atom is 0.278 e. The minimum Gasteiger partial charge on any atom is -0.302 e. The fraction of sp³-hybridized carbons (Fsp3) is 1.00. The molecule has 0 rings (SSSR count). The van der Waals surface area contributed by atoms with E-state index in [2.05, 4.69) is 19.2 Å². The van der Waals surface area contributed by atoms with Crippen LogP contribution in [-0.4, -0.2) is 25.4 Å². The number of hydrogen-bond donors (Lipinski definition) is 2. The van der Waals surface area contributed by atoms with Gasteiger partial charge in [-0.25, -0.2) is 0 Å². The van der Waals surface area contributed by atoms with E-state index in [1.807, 2.05) is 0 Å². The molecule has 0 fully saturated rings. The van der Waals surface area contributed by atoms with Crippen LogP contribution in [0.1, 0.15) is 20.3 Å².